The molecule has 3 aromatic rings. The van der Waals surface area contributed by atoms with Crippen LogP contribution < -0.4 is 19.7 Å². The highest BCUT2D eigenvalue weighted by atomic mass is 16.5. The number of anilines is 1. The Kier molecular flexibility index (Phi) is 7.66. The topological polar surface area (TPSA) is 88.2 Å². The number of para-hydroxylation sites is 2. The summed E-state index contributed by atoms with van der Waals surface area (Å²) in [6, 6.07) is 15.8. The lowest BCUT2D eigenvalue weighted by Crippen LogP contribution is -2.51. The first-order valence-electron chi connectivity index (χ1n) is 12.4. The normalized spacial score (nSPS) is 15.9. The van der Waals surface area contributed by atoms with Gasteiger partial charge in [-0.25, -0.2) is 0 Å². The number of hydrogen-bond acceptors (Lipinski definition) is 5. The molecule has 8 heteroatoms. The van der Waals surface area contributed by atoms with Gasteiger partial charge in [-0.05, 0) is 47.5 Å². The fraction of sp³-hybridized carbons (Fsp3) is 0.345. The Morgan fingerprint density at radius 3 is 2.62 bits per heavy atom. The van der Waals surface area contributed by atoms with Crippen molar-refractivity contribution < 1.29 is 23.9 Å². The number of fused-ring (bicyclic) bond motifs is 2. The van der Waals surface area contributed by atoms with Gasteiger partial charge in [-0.1, -0.05) is 38.1 Å². The predicted octanol–water partition coefficient (Wildman–Crippen LogP) is 4.01. The van der Waals surface area contributed by atoms with E-state index in [-0.39, 0.29) is 36.8 Å². The van der Waals surface area contributed by atoms with Gasteiger partial charge < -0.3 is 24.6 Å². The summed E-state index contributed by atoms with van der Waals surface area (Å²) in [6.07, 6.45) is 0.670. The minimum atomic E-state index is -0.834. The molecular formula is C29H33N3O5. The quantitative estimate of drug-likeness (QED) is 0.527. The molecule has 3 aromatic carbocycles. The molecule has 3 amide bonds. The molecule has 0 radical (unpaired) electrons. The number of hydrogen-bond donors (Lipinski definition) is 1. The van der Waals surface area contributed by atoms with Gasteiger partial charge in [0.15, 0.2) is 0 Å². The lowest BCUT2D eigenvalue weighted by Gasteiger charge is -2.27. The first-order valence-corrected chi connectivity index (χ1v) is 12.4. The molecule has 0 aromatic heterocycles. The molecule has 0 saturated heterocycles. The number of carbonyl (C=O) groups is 3. The summed E-state index contributed by atoms with van der Waals surface area (Å²) >= 11 is 0. The van der Waals surface area contributed by atoms with Crippen LogP contribution >= 0.6 is 0 Å². The molecule has 0 unspecified atom stereocenters. The van der Waals surface area contributed by atoms with Gasteiger partial charge in [-0.3, -0.25) is 14.4 Å². The van der Waals surface area contributed by atoms with Crippen LogP contribution in [0.3, 0.4) is 0 Å². The summed E-state index contributed by atoms with van der Waals surface area (Å²) < 4.78 is 11.7. The summed E-state index contributed by atoms with van der Waals surface area (Å²) in [7, 11) is 5.02. The van der Waals surface area contributed by atoms with E-state index in [0.29, 0.717) is 29.2 Å². The third-order valence-electron chi connectivity index (χ3n) is 6.78. The SMILES string of the molecule is CC[C@@H](C)C(=O)N[C@H]1COc2ccccc2N(Cc2c(OC)ccc3cc(C(=O)N(C)C)ccc23)C1=O. The van der Waals surface area contributed by atoms with Gasteiger partial charge in [-0.2, -0.15) is 0 Å². The summed E-state index contributed by atoms with van der Waals surface area (Å²) in [5.41, 5.74) is 1.98. The first-order chi connectivity index (χ1) is 17.7. The zero-order chi connectivity index (χ0) is 26.7. The largest absolute Gasteiger partial charge is 0.496 e. The van der Waals surface area contributed by atoms with E-state index >= 15 is 0 Å². The Morgan fingerprint density at radius 2 is 1.92 bits per heavy atom. The van der Waals surface area contributed by atoms with Crippen molar-refractivity contribution in [2.75, 3.05) is 32.7 Å². The molecule has 0 aliphatic carbocycles. The van der Waals surface area contributed by atoms with Crippen molar-refractivity contribution in [3.63, 3.8) is 0 Å². The van der Waals surface area contributed by atoms with Crippen LogP contribution in [0.1, 0.15) is 36.2 Å². The summed E-state index contributed by atoms with van der Waals surface area (Å²) in [6.45, 7) is 4.00. The van der Waals surface area contributed by atoms with Crippen molar-refractivity contribution in [2.45, 2.75) is 32.9 Å². The van der Waals surface area contributed by atoms with E-state index in [1.165, 1.54) is 4.90 Å². The second-order valence-corrected chi connectivity index (χ2v) is 9.46. The van der Waals surface area contributed by atoms with Crippen molar-refractivity contribution in [2.24, 2.45) is 5.92 Å². The van der Waals surface area contributed by atoms with Gasteiger partial charge in [0.05, 0.1) is 19.3 Å². The zero-order valence-corrected chi connectivity index (χ0v) is 21.9. The average Bonchev–Trinajstić information content (AvgIpc) is 3.04. The Hall–Kier alpha value is -4.07. The van der Waals surface area contributed by atoms with Crippen LogP contribution in [0.4, 0.5) is 5.69 Å². The van der Waals surface area contributed by atoms with E-state index in [1.54, 1.807) is 32.2 Å². The minimum Gasteiger partial charge on any atom is -0.496 e. The van der Waals surface area contributed by atoms with Crippen LogP contribution in [0.15, 0.2) is 54.6 Å². The first kappa shape index (κ1) is 26.0. The lowest BCUT2D eigenvalue weighted by molar-refractivity contribution is -0.130. The Morgan fingerprint density at radius 1 is 1.16 bits per heavy atom. The zero-order valence-electron chi connectivity index (χ0n) is 21.9. The third kappa shape index (κ3) is 5.23. The van der Waals surface area contributed by atoms with Crippen molar-refractivity contribution in [1.29, 1.82) is 0 Å². The monoisotopic (exact) mass is 503 g/mol. The highest BCUT2D eigenvalue weighted by Crippen LogP contribution is 2.36. The minimum absolute atomic E-state index is 0.0389. The Bertz CT molecular complexity index is 1340. The maximum absolute atomic E-state index is 13.9. The van der Waals surface area contributed by atoms with Gasteiger partial charge in [0.2, 0.25) is 5.91 Å². The van der Waals surface area contributed by atoms with Gasteiger partial charge in [0.25, 0.3) is 11.8 Å². The fourth-order valence-corrected chi connectivity index (χ4v) is 4.40. The predicted molar refractivity (Wildman–Crippen MR) is 143 cm³/mol. The van der Waals surface area contributed by atoms with Crippen molar-refractivity contribution >= 4 is 34.2 Å². The van der Waals surface area contributed by atoms with Crippen molar-refractivity contribution in [1.82, 2.24) is 10.2 Å². The maximum Gasteiger partial charge on any atom is 0.253 e. The number of nitrogens with zero attached hydrogens (tertiary/aromatic N) is 2. The number of rotatable bonds is 7. The standard InChI is InChI=1S/C29H33N3O5/c1-6-18(2)27(33)30-23-17-37-26-10-8-7-9-24(26)32(29(23)35)16-22-21-13-11-20(28(34)31(3)4)15-19(21)12-14-25(22)36-5/h7-15,18,23H,6,16-17H2,1-5H3,(H,30,33)/t18-,23+/m1/s1. The fourth-order valence-electron chi connectivity index (χ4n) is 4.40. The van der Waals surface area contributed by atoms with Crippen LogP contribution in [0.2, 0.25) is 0 Å². The van der Waals surface area contributed by atoms with E-state index in [0.717, 1.165) is 16.3 Å². The lowest BCUT2D eigenvalue weighted by atomic mass is 9.99. The van der Waals surface area contributed by atoms with Crippen molar-refractivity contribution in [3.8, 4) is 11.5 Å². The second kappa shape index (κ2) is 10.9. The van der Waals surface area contributed by atoms with Crippen LogP contribution in [0, 0.1) is 5.92 Å². The van der Waals surface area contributed by atoms with Gasteiger partial charge in [-0.15, -0.1) is 0 Å². The number of ether oxygens (including phenoxy) is 2. The maximum atomic E-state index is 13.9. The number of benzene rings is 3. The molecule has 0 fully saturated rings. The average molecular weight is 504 g/mol. The molecule has 0 spiro atoms. The van der Waals surface area contributed by atoms with E-state index in [4.69, 9.17) is 9.47 Å². The molecule has 2 atom stereocenters. The highest BCUT2D eigenvalue weighted by molar-refractivity contribution is 6.03. The molecule has 1 aliphatic rings. The molecule has 0 saturated carbocycles. The van der Waals surface area contributed by atoms with E-state index in [2.05, 4.69) is 5.32 Å². The van der Waals surface area contributed by atoms with Crippen LogP contribution in [-0.4, -0.2) is 56.5 Å². The molecule has 1 aliphatic heterocycles. The van der Waals surface area contributed by atoms with E-state index < -0.39 is 6.04 Å². The van der Waals surface area contributed by atoms with Gasteiger partial charge >= 0.3 is 0 Å². The highest BCUT2D eigenvalue weighted by Gasteiger charge is 2.34. The summed E-state index contributed by atoms with van der Waals surface area (Å²) in [4.78, 5) is 42.2. The molecular weight excluding hydrogens is 470 g/mol. The molecule has 4 rings (SSSR count). The summed E-state index contributed by atoms with van der Waals surface area (Å²) in [5, 5.41) is 4.60. The molecule has 1 heterocycles. The molecule has 0 bridgehead atoms. The molecule has 194 valence electrons. The third-order valence-corrected chi connectivity index (χ3v) is 6.78. The van der Waals surface area contributed by atoms with Crippen LogP contribution in [-0.2, 0) is 16.1 Å². The Balaban J connectivity index is 1.77. The number of methoxy groups -OCH3 is 1. The van der Waals surface area contributed by atoms with E-state index in [1.807, 2.05) is 62.4 Å². The van der Waals surface area contributed by atoms with Crippen LogP contribution in [0.5, 0.6) is 11.5 Å². The Labute approximate surface area is 217 Å². The van der Waals surface area contributed by atoms with Crippen LogP contribution in [0.25, 0.3) is 10.8 Å². The van der Waals surface area contributed by atoms with Gasteiger partial charge in [0, 0.05) is 31.1 Å². The number of carbonyl (C=O) groups excluding carboxylic acids is 3. The number of amides is 3. The molecule has 8 nitrogen and oxygen atoms in total. The van der Waals surface area contributed by atoms with Gasteiger partial charge in [0.1, 0.15) is 24.1 Å². The molecule has 37 heavy (non-hydrogen) atoms. The second-order valence-electron chi connectivity index (χ2n) is 9.46. The number of nitrogens with one attached hydrogen (secondary N) is 1. The summed E-state index contributed by atoms with van der Waals surface area (Å²) in [5.74, 6) is 0.428. The van der Waals surface area contributed by atoms with Crippen molar-refractivity contribution in [3.05, 3.63) is 65.7 Å². The smallest absolute Gasteiger partial charge is 0.253 e. The molecule has 1 N–H and O–H groups in total. The van der Waals surface area contributed by atoms with E-state index in [9.17, 15) is 14.4 Å².